The fourth-order valence-corrected chi connectivity index (χ4v) is 6.44. The Labute approximate surface area is 227 Å². The number of carbonyl (C=O) groups excluding carboxylic acids is 3. The first-order valence-electron chi connectivity index (χ1n) is 14.2. The van der Waals surface area contributed by atoms with Gasteiger partial charge in [-0.25, -0.2) is 0 Å². The summed E-state index contributed by atoms with van der Waals surface area (Å²) < 4.78 is 5.96. The number of piperazine rings is 1. The Kier molecular flexibility index (Phi) is 7.97. The molecule has 0 unspecified atom stereocenters. The fraction of sp³-hybridized carbons (Fsp3) is 0.700. The summed E-state index contributed by atoms with van der Waals surface area (Å²) in [4.78, 5) is 46.8. The van der Waals surface area contributed by atoms with Crippen molar-refractivity contribution in [3.8, 4) is 0 Å². The molecule has 3 fully saturated rings. The highest BCUT2D eigenvalue weighted by Crippen LogP contribution is 2.47. The highest BCUT2D eigenvalue weighted by molar-refractivity contribution is 5.99. The Morgan fingerprint density at radius 3 is 2.29 bits per heavy atom. The largest absolute Gasteiger partial charge is 0.369 e. The quantitative estimate of drug-likeness (QED) is 0.586. The Bertz CT molecular complexity index is 1070. The maximum atomic E-state index is 14.6. The monoisotopic (exact) mass is 526 g/mol. The Balaban J connectivity index is 1.77. The van der Waals surface area contributed by atoms with Crippen molar-refractivity contribution in [2.24, 2.45) is 22.5 Å². The molecule has 3 aliphatic rings. The Morgan fingerprint density at radius 1 is 1.08 bits per heavy atom. The molecule has 3 heterocycles. The van der Waals surface area contributed by atoms with E-state index >= 15 is 0 Å². The van der Waals surface area contributed by atoms with Crippen LogP contribution in [0.25, 0.3) is 0 Å². The number of nitrogens with zero attached hydrogens (tertiary/aromatic N) is 3. The molecule has 8 nitrogen and oxygen atoms in total. The summed E-state index contributed by atoms with van der Waals surface area (Å²) in [6.45, 7) is 20.0. The zero-order chi connectivity index (χ0) is 28.0. The second-order valence-corrected chi connectivity index (χ2v) is 13.0. The molecule has 8 heteroatoms. The molecule has 0 aromatic heterocycles. The number of amides is 2. The molecule has 3 saturated heterocycles. The molecule has 4 rings (SSSR count). The first kappa shape index (κ1) is 28.6. The van der Waals surface area contributed by atoms with Gasteiger partial charge in [0.15, 0.2) is 5.78 Å². The van der Waals surface area contributed by atoms with E-state index in [9.17, 15) is 14.4 Å². The number of rotatable bonds is 7. The summed E-state index contributed by atoms with van der Waals surface area (Å²) in [7, 11) is 0. The topological polar surface area (TPSA) is 96.2 Å². The number of hydrogen-bond donors (Lipinski definition) is 1. The van der Waals surface area contributed by atoms with Gasteiger partial charge >= 0.3 is 0 Å². The highest BCUT2D eigenvalue weighted by Gasteiger charge is 2.56. The summed E-state index contributed by atoms with van der Waals surface area (Å²) in [6.07, 6.45) is 0.421. The average molecular weight is 527 g/mol. The van der Waals surface area contributed by atoms with Crippen molar-refractivity contribution in [3.05, 3.63) is 29.3 Å². The maximum absolute atomic E-state index is 14.6. The number of carbonyl (C=O) groups is 3. The molecule has 0 spiro atoms. The third-order valence-electron chi connectivity index (χ3n) is 9.32. The molecule has 0 bridgehead atoms. The van der Waals surface area contributed by atoms with Gasteiger partial charge in [-0.3, -0.25) is 14.4 Å². The molecule has 2 N–H and O–H groups in total. The van der Waals surface area contributed by atoms with Crippen molar-refractivity contribution in [2.75, 3.05) is 50.8 Å². The number of hydrogen-bond acceptors (Lipinski definition) is 6. The molecule has 38 heavy (non-hydrogen) atoms. The molecular weight excluding hydrogens is 480 g/mol. The number of likely N-dealkylation sites (tertiary alicyclic amines) is 1. The molecule has 0 saturated carbocycles. The van der Waals surface area contributed by atoms with Crippen molar-refractivity contribution in [1.82, 2.24) is 9.80 Å². The number of fused-ring (bicyclic) bond motifs is 1. The minimum absolute atomic E-state index is 0.0409. The molecule has 1 aromatic carbocycles. The number of nitrogens with two attached hydrogens (primary N) is 1. The summed E-state index contributed by atoms with van der Waals surface area (Å²) in [5.41, 5.74) is 7.31. The molecule has 0 radical (unpaired) electrons. The van der Waals surface area contributed by atoms with Gasteiger partial charge in [-0.05, 0) is 47.6 Å². The standard InChI is InChI=1S/C30H46N4O4/c1-8-30(6,7)24(28(37)34-17-22(29(3,4)5)26-25(34)23(35)18-38-26)21-16-19(10-11-20(21)27(31)36)33-14-12-32(9-2)13-15-33/h10-11,16,22,24-26H,8-9,12-15,17-18H2,1-7H3,(H2,31,36)/t22-,24+,25-,26-/m1/s1. The van der Waals surface area contributed by atoms with E-state index in [0.29, 0.717) is 17.7 Å². The average Bonchev–Trinajstić information content (AvgIpc) is 3.44. The van der Waals surface area contributed by atoms with Crippen molar-refractivity contribution >= 4 is 23.3 Å². The summed E-state index contributed by atoms with van der Waals surface area (Å²) >= 11 is 0. The lowest BCUT2D eigenvalue weighted by molar-refractivity contribution is -0.140. The predicted octanol–water partition coefficient (Wildman–Crippen LogP) is 3.29. The van der Waals surface area contributed by atoms with Gasteiger partial charge < -0.3 is 25.2 Å². The van der Waals surface area contributed by atoms with Gasteiger partial charge in [0.05, 0.1) is 12.0 Å². The van der Waals surface area contributed by atoms with Crippen LogP contribution < -0.4 is 10.6 Å². The molecule has 4 atom stereocenters. The molecule has 2 amide bonds. The lowest BCUT2D eigenvalue weighted by Crippen LogP contribution is -2.47. The summed E-state index contributed by atoms with van der Waals surface area (Å²) in [5, 5.41) is 0. The molecule has 0 aliphatic carbocycles. The molecule has 3 aliphatic heterocycles. The van der Waals surface area contributed by atoms with E-state index in [2.05, 4.69) is 58.3 Å². The van der Waals surface area contributed by atoms with Crippen LogP contribution in [0.1, 0.15) is 76.7 Å². The lowest BCUT2D eigenvalue weighted by atomic mass is 9.71. The first-order valence-corrected chi connectivity index (χ1v) is 14.2. The smallest absolute Gasteiger partial charge is 0.249 e. The number of ether oxygens (including phenoxy) is 1. The van der Waals surface area contributed by atoms with Crippen LogP contribution in [0.3, 0.4) is 0 Å². The van der Waals surface area contributed by atoms with Crippen molar-refractivity contribution < 1.29 is 19.1 Å². The maximum Gasteiger partial charge on any atom is 0.249 e. The van der Waals surface area contributed by atoms with Crippen molar-refractivity contribution in [2.45, 2.75) is 73.0 Å². The van der Waals surface area contributed by atoms with E-state index in [4.69, 9.17) is 10.5 Å². The van der Waals surface area contributed by atoms with Crippen LogP contribution in [0, 0.1) is 16.7 Å². The SMILES string of the molecule is CCN1CCN(c2ccc(C(N)=O)c([C@@H](C(=O)N3C[C@@H](C(C)(C)C)[C@H]4OCC(=O)[C@H]43)C(C)(C)CC)c2)CC1. The lowest BCUT2D eigenvalue weighted by Gasteiger charge is -2.39. The van der Waals surface area contributed by atoms with Gasteiger partial charge in [0.2, 0.25) is 11.8 Å². The second-order valence-electron chi connectivity index (χ2n) is 13.0. The molecule has 210 valence electrons. The Morgan fingerprint density at radius 2 is 1.74 bits per heavy atom. The van der Waals surface area contributed by atoms with Crippen LogP contribution in [-0.4, -0.2) is 85.4 Å². The summed E-state index contributed by atoms with van der Waals surface area (Å²) in [5.74, 6) is -1.28. The second kappa shape index (κ2) is 10.6. The zero-order valence-electron chi connectivity index (χ0n) is 24.3. The van der Waals surface area contributed by atoms with Crippen LogP contribution in [0.5, 0.6) is 0 Å². The predicted molar refractivity (Wildman–Crippen MR) is 149 cm³/mol. The summed E-state index contributed by atoms with van der Waals surface area (Å²) in [6, 6.07) is 5.15. The van der Waals surface area contributed by atoms with Crippen LogP contribution in [-0.2, 0) is 14.3 Å². The number of anilines is 1. The normalized spacial score (nSPS) is 25.6. The number of primary amides is 1. The minimum Gasteiger partial charge on any atom is -0.369 e. The van der Waals surface area contributed by atoms with Gasteiger partial charge in [0, 0.05) is 49.9 Å². The van der Waals surface area contributed by atoms with Crippen molar-refractivity contribution in [3.63, 3.8) is 0 Å². The van der Waals surface area contributed by atoms with Gasteiger partial charge in [-0.1, -0.05) is 48.5 Å². The van der Waals surface area contributed by atoms with E-state index in [-0.39, 0.29) is 35.7 Å². The minimum atomic E-state index is -0.625. The first-order chi connectivity index (χ1) is 17.8. The number of benzene rings is 1. The van der Waals surface area contributed by atoms with Gasteiger partial charge in [-0.2, -0.15) is 0 Å². The van der Waals surface area contributed by atoms with Crippen LogP contribution in [0.2, 0.25) is 0 Å². The number of likely N-dealkylation sites (N-methyl/N-ethyl adjacent to an activating group) is 1. The van der Waals surface area contributed by atoms with E-state index in [1.807, 2.05) is 12.1 Å². The number of ketones is 1. The molecule has 1 aromatic rings. The zero-order valence-corrected chi connectivity index (χ0v) is 24.3. The number of Topliss-reactive ketones (excluding diaryl/α,β-unsaturated/α-hetero) is 1. The van der Waals surface area contributed by atoms with Gasteiger partial charge in [0.25, 0.3) is 0 Å². The van der Waals surface area contributed by atoms with E-state index < -0.39 is 23.3 Å². The third-order valence-corrected chi connectivity index (χ3v) is 9.32. The van der Waals surface area contributed by atoms with Crippen LogP contribution >= 0.6 is 0 Å². The highest BCUT2D eigenvalue weighted by atomic mass is 16.5. The van der Waals surface area contributed by atoms with Crippen LogP contribution in [0.4, 0.5) is 5.69 Å². The van der Waals surface area contributed by atoms with Crippen molar-refractivity contribution in [1.29, 1.82) is 0 Å². The van der Waals surface area contributed by atoms with Gasteiger partial charge in [0.1, 0.15) is 12.6 Å². The fourth-order valence-electron chi connectivity index (χ4n) is 6.44. The van der Waals surface area contributed by atoms with Gasteiger partial charge in [-0.15, -0.1) is 0 Å². The molecular formula is C30H46N4O4. The van der Waals surface area contributed by atoms with E-state index in [0.717, 1.165) is 44.8 Å². The Hall–Kier alpha value is -2.45. The van der Waals surface area contributed by atoms with E-state index in [1.165, 1.54) is 0 Å². The van der Waals surface area contributed by atoms with Crippen LogP contribution in [0.15, 0.2) is 18.2 Å². The third kappa shape index (κ3) is 5.22. The van der Waals surface area contributed by atoms with E-state index in [1.54, 1.807) is 11.0 Å².